The molecule has 2 saturated heterocycles. The lowest BCUT2D eigenvalue weighted by molar-refractivity contribution is -0.0411. The number of carboxylic acid groups (broad SMARTS) is 1. The molecule has 3 fully saturated rings. The van der Waals surface area contributed by atoms with Gasteiger partial charge in [0.15, 0.2) is 22.1 Å². The van der Waals surface area contributed by atoms with E-state index in [0.717, 1.165) is 25.0 Å². The van der Waals surface area contributed by atoms with Crippen molar-refractivity contribution in [2.75, 3.05) is 43.2 Å². The zero-order valence-electron chi connectivity index (χ0n) is 24.1. The summed E-state index contributed by atoms with van der Waals surface area (Å²) in [5.41, 5.74) is 0.840. The summed E-state index contributed by atoms with van der Waals surface area (Å²) < 4.78 is 47.7. The number of carboxylic acids is 1. The summed E-state index contributed by atoms with van der Waals surface area (Å²) in [5, 5.41) is 11.0. The van der Waals surface area contributed by atoms with Crippen LogP contribution in [0.4, 0.5) is 25.0 Å². The van der Waals surface area contributed by atoms with Crippen LogP contribution in [0.15, 0.2) is 46.3 Å². The van der Waals surface area contributed by atoms with Crippen molar-refractivity contribution in [3.63, 3.8) is 0 Å². The van der Waals surface area contributed by atoms with Crippen LogP contribution >= 0.6 is 8.09 Å². The number of hydrogen-bond acceptors (Lipinski definition) is 12. The Balaban J connectivity index is 1.19. The highest BCUT2D eigenvalue weighted by atomic mass is 31.2. The van der Waals surface area contributed by atoms with Crippen LogP contribution in [0.5, 0.6) is 5.75 Å². The normalized spacial score (nSPS) is 18.4. The van der Waals surface area contributed by atoms with Gasteiger partial charge in [-0.2, -0.15) is 9.79 Å². The van der Waals surface area contributed by atoms with Gasteiger partial charge in [-0.1, -0.05) is 4.91 Å². The third-order valence-corrected chi connectivity index (χ3v) is 8.99. The second-order valence-corrected chi connectivity index (χ2v) is 12.7. The fourth-order valence-corrected chi connectivity index (χ4v) is 6.40. The van der Waals surface area contributed by atoms with Gasteiger partial charge in [-0.15, -0.1) is 4.52 Å². The highest BCUT2D eigenvalue weighted by Crippen LogP contribution is 2.57. The Hall–Kier alpha value is -4.28. The number of nitroso groups, excluding NO2 is 1. The molecule has 0 radical (unpaired) electrons. The van der Waals surface area contributed by atoms with Gasteiger partial charge in [0.2, 0.25) is 5.43 Å². The number of hydrogen-bond donors (Lipinski definition) is 4. The maximum atomic E-state index is 15.2. The van der Waals surface area contributed by atoms with Crippen molar-refractivity contribution in [2.24, 2.45) is 4.95 Å². The number of anilines is 2. The number of benzene rings is 2. The molecule has 0 unspecified atom stereocenters. The smallest absolute Gasteiger partial charge is 0.487 e. The second kappa shape index (κ2) is 12.1. The van der Waals surface area contributed by atoms with Crippen molar-refractivity contribution < 1.29 is 47.3 Å². The number of pyridine rings is 1. The Labute approximate surface area is 259 Å². The third-order valence-electron chi connectivity index (χ3n) is 8.15. The molecule has 3 aliphatic rings. The van der Waals surface area contributed by atoms with Crippen LogP contribution in [0.1, 0.15) is 42.1 Å². The molecule has 0 atom stereocenters. The molecule has 46 heavy (non-hydrogen) atoms. The van der Waals surface area contributed by atoms with Crippen LogP contribution in [-0.4, -0.2) is 75.0 Å². The van der Waals surface area contributed by atoms with Gasteiger partial charge in [-0.25, -0.2) is 23.4 Å². The average molecular weight is 665 g/mol. The molecule has 0 bridgehead atoms. The number of ether oxygens (including phenoxy) is 2. The predicted octanol–water partition coefficient (Wildman–Crippen LogP) is 3.96. The molecule has 4 N–H and O–H groups in total. The Morgan fingerprint density at radius 2 is 1.85 bits per heavy atom. The molecule has 1 saturated carbocycles. The van der Waals surface area contributed by atoms with Crippen molar-refractivity contribution in [1.29, 1.82) is 0 Å². The Bertz CT molecular complexity index is 1780. The number of aromatic nitrogens is 1. The standard InChI is InChI=1S/C28H28F2N5O10P/c29-20-12-18-23(35(16-1-2-16)14-19(25(18)36)26(37)38)13-22(20)31-33-7-5-28(6-8-33,45-46(41,42)32-40)15-44-24-4-3-17(11-21(24)30)34-9-10-43-27(34)39/h3-4,11-14,16,41-42H,1-2,5-10,15H2,(H-,31,36,37,38)/p+1. The fraction of sp³-hybridized carbons (Fsp3) is 0.393. The van der Waals surface area contributed by atoms with Crippen LogP contribution < -0.4 is 20.5 Å². The molecular formula is C28H29F2N5O10P+. The van der Waals surface area contributed by atoms with Gasteiger partial charge in [0.25, 0.3) is 0 Å². The number of aromatic carboxylic acids is 1. The Morgan fingerprint density at radius 3 is 2.46 bits per heavy atom. The number of nitrogens with zero attached hydrogens (tertiary/aromatic N) is 4. The van der Waals surface area contributed by atoms with E-state index in [1.54, 1.807) is 9.58 Å². The number of carbonyl (C=O) groups is 2. The minimum atomic E-state index is -4.70. The highest BCUT2D eigenvalue weighted by molar-refractivity contribution is 7.58. The molecule has 3 aromatic rings. The maximum Gasteiger partial charge on any atom is 0.589 e. The van der Waals surface area contributed by atoms with Crippen LogP contribution in [0.3, 0.4) is 0 Å². The number of cyclic esters (lactones) is 1. The van der Waals surface area contributed by atoms with Crippen LogP contribution in [-0.2, 0) is 9.26 Å². The summed E-state index contributed by atoms with van der Waals surface area (Å²) in [6.45, 7) is 0.222. The lowest BCUT2D eigenvalue weighted by atomic mass is 9.93. The number of amides is 1. The van der Waals surface area contributed by atoms with E-state index in [0.29, 0.717) is 5.52 Å². The monoisotopic (exact) mass is 664 g/mol. The number of halogens is 2. The average Bonchev–Trinajstić information content (AvgIpc) is 3.77. The minimum absolute atomic E-state index is 0.00165. The largest absolute Gasteiger partial charge is 0.589 e. The summed E-state index contributed by atoms with van der Waals surface area (Å²) in [6.07, 6.45) is 2.23. The molecular weight excluding hydrogens is 635 g/mol. The molecule has 1 amide bonds. The molecule has 6 rings (SSSR count). The van der Waals surface area contributed by atoms with Crippen molar-refractivity contribution in [2.45, 2.75) is 37.3 Å². The highest BCUT2D eigenvalue weighted by Gasteiger charge is 2.53. The van der Waals surface area contributed by atoms with Gasteiger partial charge in [-0.05, 0) is 49.9 Å². The number of rotatable bonds is 11. The van der Waals surface area contributed by atoms with E-state index >= 15 is 4.39 Å². The lowest BCUT2D eigenvalue weighted by Gasteiger charge is -2.39. The van der Waals surface area contributed by atoms with Crippen molar-refractivity contribution in [3.8, 4) is 5.75 Å². The van der Waals surface area contributed by atoms with Gasteiger partial charge in [0, 0.05) is 36.8 Å². The lowest BCUT2D eigenvalue weighted by Crippen LogP contribution is -2.51. The predicted molar refractivity (Wildman–Crippen MR) is 159 cm³/mol. The van der Waals surface area contributed by atoms with Gasteiger partial charge >= 0.3 is 20.2 Å². The van der Waals surface area contributed by atoms with Crippen LogP contribution in [0, 0.1) is 16.5 Å². The van der Waals surface area contributed by atoms with Crippen LogP contribution in [0.25, 0.3) is 10.9 Å². The molecule has 1 aromatic heterocycles. The SMILES string of the molecule is O=N[P+](O)(O)OC1(COc2ccc(N3CCOC3=O)cc2F)CCN(Nc2cc3c(cc2F)c(=O)c(C(=O)O)cn3C2CC2)CC1. The second-order valence-electron chi connectivity index (χ2n) is 11.3. The Morgan fingerprint density at radius 1 is 1.11 bits per heavy atom. The third kappa shape index (κ3) is 6.37. The topological polar surface area (TPSA) is 192 Å². The summed E-state index contributed by atoms with van der Waals surface area (Å²) in [4.78, 5) is 70.9. The summed E-state index contributed by atoms with van der Waals surface area (Å²) in [6, 6.07) is 6.25. The van der Waals surface area contributed by atoms with E-state index < -0.39 is 55.0 Å². The van der Waals surface area contributed by atoms with Crippen molar-refractivity contribution in [1.82, 2.24) is 9.58 Å². The van der Waals surface area contributed by atoms with E-state index in [1.165, 1.54) is 29.3 Å². The molecule has 2 aliphatic heterocycles. The Kier molecular flexibility index (Phi) is 8.37. The maximum absolute atomic E-state index is 15.2. The molecule has 1 aliphatic carbocycles. The number of hydrazine groups is 1. The fourth-order valence-electron chi connectivity index (χ4n) is 5.61. The number of fused-ring (bicyclic) bond motifs is 1. The zero-order chi connectivity index (χ0) is 32.8. The molecule has 15 nitrogen and oxygen atoms in total. The van der Waals surface area contributed by atoms with Gasteiger partial charge in [-0.3, -0.25) is 9.69 Å². The molecule has 18 heteroatoms. The van der Waals surface area contributed by atoms with Gasteiger partial charge < -0.3 is 24.6 Å². The number of carbonyl (C=O) groups excluding carboxylic acids is 1. The van der Waals surface area contributed by atoms with Gasteiger partial charge in [0.05, 0.1) is 23.4 Å². The van der Waals surface area contributed by atoms with E-state index in [1.807, 2.05) is 0 Å². The first-order valence-corrected chi connectivity index (χ1v) is 15.9. The van der Waals surface area contributed by atoms with Gasteiger partial charge in [0.1, 0.15) is 24.6 Å². The molecule has 0 spiro atoms. The summed E-state index contributed by atoms with van der Waals surface area (Å²) >= 11 is 0. The van der Waals surface area contributed by atoms with E-state index in [9.17, 15) is 38.6 Å². The van der Waals surface area contributed by atoms with E-state index in [-0.39, 0.29) is 67.6 Å². The number of piperidine rings is 1. The number of nitrogens with one attached hydrogen (secondary N) is 1. The first kappa shape index (κ1) is 31.7. The zero-order valence-corrected chi connectivity index (χ0v) is 25.0. The quantitative estimate of drug-likeness (QED) is 0.171. The van der Waals surface area contributed by atoms with E-state index in [2.05, 4.69) is 10.4 Å². The van der Waals surface area contributed by atoms with Crippen molar-refractivity contribution in [3.05, 3.63) is 68.9 Å². The van der Waals surface area contributed by atoms with Crippen LogP contribution in [0.2, 0.25) is 0 Å². The molecule has 3 heterocycles. The van der Waals surface area contributed by atoms with E-state index in [4.69, 9.17) is 14.0 Å². The summed E-state index contributed by atoms with van der Waals surface area (Å²) in [7, 11) is -4.70. The first-order chi connectivity index (χ1) is 21.9. The first-order valence-electron chi connectivity index (χ1n) is 14.3. The molecule has 244 valence electrons. The molecule has 2 aromatic carbocycles. The summed E-state index contributed by atoms with van der Waals surface area (Å²) in [5.74, 6) is -3.22. The minimum Gasteiger partial charge on any atom is -0.487 e. The van der Waals surface area contributed by atoms with Crippen molar-refractivity contribution >= 4 is 42.4 Å².